The van der Waals surface area contributed by atoms with E-state index in [-0.39, 0.29) is 0 Å². The Balaban J connectivity index is 1.70. The van der Waals surface area contributed by atoms with Crippen LogP contribution in [0.2, 0.25) is 0 Å². The van der Waals surface area contributed by atoms with E-state index < -0.39 is 0 Å². The summed E-state index contributed by atoms with van der Waals surface area (Å²) in [7, 11) is 2.06. The molecule has 0 aliphatic carbocycles. The zero-order valence-electron chi connectivity index (χ0n) is 11.8. The monoisotopic (exact) mass is 326 g/mol. The molecule has 1 aromatic heterocycles. The van der Waals surface area contributed by atoms with Gasteiger partial charge in [-0.05, 0) is 47.7 Å². The first-order chi connectivity index (χ1) is 9.19. The highest BCUT2D eigenvalue weighted by molar-refractivity contribution is 9.10. The lowest BCUT2D eigenvalue weighted by Crippen LogP contribution is -2.40. The second kappa shape index (κ2) is 5.54. The van der Waals surface area contributed by atoms with Crippen LogP contribution < -0.4 is 5.32 Å². The summed E-state index contributed by atoms with van der Waals surface area (Å²) >= 11 is 3.72. The normalized spacial score (nSPS) is 27.7. The quantitative estimate of drug-likeness (QED) is 0.921. The van der Waals surface area contributed by atoms with Crippen molar-refractivity contribution in [3.8, 4) is 0 Å². The van der Waals surface area contributed by atoms with Crippen LogP contribution in [0.1, 0.15) is 31.2 Å². The standard InChI is InChI=1S/C14H23BrN4/c1-3-11-14(15)13(18(2)17-11)9-19-7-10-5-4-6-16-12(10)8-19/h10,12,16H,3-9H2,1-2H3/t10-,12+/m0/s1. The summed E-state index contributed by atoms with van der Waals surface area (Å²) in [5.74, 6) is 0.853. The van der Waals surface area contributed by atoms with Crippen molar-refractivity contribution in [1.29, 1.82) is 0 Å². The fraction of sp³-hybridized carbons (Fsp3) is 0.786. The average Bonchev–Trinajstić information content (AvgIpc) is 2.94. The van der Waals surface area contributed by atoms with E-state index in [0.29, 0.717) is 6.04 Å². The van der Waals surface area contributed by atoms with Crippen LogP contribution in [0.5, 0.6) is 0 Å². The van der Waals surface area contributed by atoms with Gasteiger partial charge in [0.15, 0.2) is 0 Å². The van der Waals surface area contributed by atoms with Crippen LogP contribution in [0, 0.1) is 5.92 Å². The van der Waals surface area contributed by atoms with Gasteiger partial charge in [-0.3, -0.25) is 9.58 Å². The molecule has 1 aromatic rings. The van der Waals surface area contributed by atoms with E-state index in [1.807, 2.05) is 4.68 Å². The summed E-state index contributed by atoms with van der Waals surface area (Å²) in [5, 5.41) is 8.26. The average molecular weight is 327 g/mol. The van der Waals surface area contributed by atoms with Gasteiger partial charge in [-0.25, -0.2) is 0 Å². The highest BCUT2D eigenvalue weighted by Crippen LogP contribution is 2.28. The van der Waals surface area contributed by atoms with Crippen LogP contribution in [0.3, 0.4) is 0 Å². The van der Waals surface area contributed by atoms with Crippen molar-refractivity contribution in [2.75, 3.05) is 19.6 Å². The van der Waals surface area contributed by atoms with Gasteiger partial charge in [0, 0.05) is 32.7 Å². The molecular weight excluding hydrogens is 304 g/mol. The minimum atomic E-state index is 0.714. The molecule has 1 N–H and O–H groups in total. The number of hydrogen-bond donors (Lipinski definition) is 1. The SMILES string of the molecule is CCc1nn(C)c(CN2C[C@@H]3CCCN[C@@H]3C2)c1Br. The van der Waals surface area contributed by atoms with Crippen LogP contribution in [0.25, 0.3) is 0 Å². The molecule has 0 amide bonds. The number of fused-ring (bicyclic) bond motifs is 1. The predicted octanol–water partition coefficient (Wildman–Crippen LogP) is 1.93. The number of halogens is 1. The zero-order valence-corrected chi connectivity index (χ0v) is 13.4. The maximum atomic E-state index is 4.59. The summed E-state index contributed by atoms with van der Waals surface area (Å²) in [6, 6.07) is 0.714. The minimum absolute atomic E-state index is 0.714. The van der Waals surface area contributed by atoms with Crippen LogP contribution in [-0.2, 0) is 20.0 Å². The molecule has 0 aromatic carbocycles. The highest BCUT2D eigenvalue weighted by Gasteiger charge is 2.34. The van der Waals surface area contributed by atoms with Gasteiger partial charge < -0.3 is 5.32 Å². The summed E-state index contributed by atoms with van der Waals surface area (Å²) in [6.45, 7) is 6.79. The summed E-state index contributed by atoms with van der Waals surface area (Å²) in [4.78, 5) is 2.58. The Morgan fingerprint density at radius 3 is 2.95 bits per heavy atom. The van der Waals surface area contributed by atoms with Crippen LogP contribution in [-0.4, -0.2) is 40.4 Å². The number of nitrogens with one attached hydrogen (secondary N) is 1. The summed E-state index contributed by atoms with van der Waals surface area (Å²) in [6.07, 6.45) is 3.71. The lowest BCUT2D eigenvalue weighted by molar-refractivity contribution is 0.304. The van der Waals surface area contributed by atoms with E-state index in [0.717, 1.165) is 18.9 Å². The van der Waals surface area contributed by atoms with Crippen molar-refractivity contribution in [2.24, 2.45) is 13.0 Å². The maximum absolute atomic E-state index is 4.59. The molecule has 2 saturated heterocycles. The topological polar surface area (TPSA) is 33.1 Å². The number of piperidine rings is 1. The fourth-order valence-electron chi connectivity index (χ4n) is 3.47. The van der Waals surface area contributed by atoms with Gasteiger partial charge in [0.1, 0.15) is 0 Å². The van der Waals surface area contributed by atoms with E-state index in [1.54, 1.807) is 0 Å². The highest BCUT2D eigenvalue weighted by atomic mass is 79.9. The molecule has 2 fully saturated rings. The first-order valence-corrected chi connectivity index (χ1v) is 8.14. The Morgan fingerprint density at radius 1 is 1.42 bits per heavy atom. The van der Waals surface area contributed by atoms with Crippen LogP contribution >= 0.6 is 15.9 Å². The molecule has 2 aliphatic rings. The molecule has 0 bridgehead atoms. The van der Waals surface area contributed by atoms with E-state index in [2.05, 4.69) is 45.2 Å². The Labute approximate surface area is 123 Å². The van der Waals surface area contributed by atoms with Crippen LogP contribution in [0.15, 0.2) is 4.47 Å². The molecule has 3 rings (SSSR count). The van der Waals surface area contributed by atoms with Crippen LogP contribution in [0.4, 0.5) is 0 Å². The molecule has 2 aliphatic heterocycles. The van der Waals surface area contributed by atoms with Gasteiger partial charge in [0.2, 0.25) is 0 Å². The molecule has 4 nitrogen and oxygen atoms in total. The Kier molecular flexibility index (Phi) is 3.96. The third-order valence-electron chi connectivity index (χ3n) is 4.55. The van der Waals surface area contributed by atoms with Gasteiger partial charge in [-0.1, -0.05) is 6.92 Å². The smallest absolute Gasteiger partial charge is 0.0767 e. The van der Waals surface area contributed by atoms with Gasteiger partial charge in [-0.15, -0.1) is 0 Å². The number of nitrogens with zero attached hydrogens (tertiary/aromatic N) is 3. The molecule has 19 heavy (non-hydrogen) atoms. The molecule has 3 heterocycles. The zero-order chi connectivity index (χ0) is 13.4. The van der Waals surface area contributed by atoms with Crippen molar-refractivity contribution in [3.05, 3.63) is 15.9 Å². The number of rotatable bonds is 3. The summed E-state index contributed by atoms with van der Waals surface area (Å²) in [5.41, 5.74) is 2.49. The number of aryl methyl sites for hydroxylation is 2. The lowest BCUT2D eigenvalue weighted by atomic mass is 9.94. The molecule has 106 valence electrons. The summed E-state index contributed by atoms with van der Waals surface area (Å²) < 4.78 is 3.25. The predicted molar refractivity (Wildman–Crippen MR) is 80.1 cm³/mol. The van der Waals surface area contributed by atoms with Crippen molar-refractivity contribution in [2.45, 2.75) is 38.8 Å². The largest absolute Gasteiger partial charge is 0.312 e. The van der Waals surface area contributed by atoms with E-state index in [9.17, 15) is 0 Å². The molecule has 2 atom stereocenters. The third kappa shape index (κ3) is 2.60. The van der Waals surface area contributed by atoms with Crippen molar-refractivity contribution in [3.63, 3.8) is 0 Å². The maximum Gasteiger partial charge on any atom is 0.0767 e. The second-order valence-corrected chi connectivity index (χ2v) is 6.63. The first-order valence-electron chi connectivity index (χ1n) is 7.35. The lowest BCUT2D eigenvalue weighted by Gasteiger charge is -2.24. The Morgan fingerprint density at radius 2 is 2.26 bits per heavy atom. The van der Waals surface area contributed by atoms with Gasteiger partial charge >= 0.3 is 0 Å². The Hall–Kier alpha value is -0.390. The first kappa shape index (κ1) is 13.6. The number of hydrogen-bond acceptors (Lipinski definition) is 3. The fourth-order valence-corrected chi connectivity index (χ4v) is 4.21. The van der Waals surface area contributed by atoms with Crippen molar-refractivity contribution in [1.82, 2.24) is 20.0 Å². The Bertz CT molecular complexity index is 443. The molecule has 0 spiro atoms. The number of aromatic nitrogens is 2. The van der Waals surface area contributed by atoms with Gasteiger partial charge in [-0.2, -0.15) is 5.10 Å². The van der Waals surface area contributed by atoms with E-state index in [4.69, 9.17) is 0 Å². The molecule has 0 saturated carbocycles. The molecule has 5 heteroatoms. The second-order valence-electron chi connectivity index (χ2n) is 5.84. The minimum Gasteiger partial charge on any atom is -0.312 e. The van der Waals surface area contributed by atoms with E-state index in [1.165, 1.54) is 48.3 Å². The molecule has 0 unspecified atom stereocenters. The van der Waals surface area contributed by atoms with Gasteiger partial charge in [0.05, 0.1) is 15.9 Å². The third-order valence-corrected chi connectivity index (χ3v) is 5.47. The number of likely N-dealkylation sites (tertiary alicyclic amines) is 1. The van der Waals surface area contributed by atoms with Crippen molar-refractivity contribution < 1.29 is 0 Å². The molecule has 0 radical (unpaired) electrons. The van der Waals surface area contributed by atoms with E-state index >= 15 is 0 Å². The van der Waals surface area contributed by atoms with Gasteiger partial charge in [0.25, 0.3) is 0 Å². The molecular formula is C14H23BrN4. The van der Waals surface area contributed by atoms with Crippen molar-refractivity contribution >= 4 is 15.9 Å².